The molecule has 0 amide bonds. The second-order valence-corrected chi connectivity index (χ2v) is 15.8. The van der Waals surface area contributed by atoms with Crippen molar-refractivity contribution in [2.45, 2.75) is 52.0 Å². The standard InChI is InChI=1S/C26H37BF2N2O4S/c1-25(2)26(3,4)35-27(34-25)21-9-8-19(22(28)23(21)29)20-16-30-31(17-33-14-15-36(5,6)7)24(20)18-10-12-32-13-11-18/h8-10,16H,11-15,17H2,1-7H3. The van der Waals surface area contributed by atoms with Crippen LogP contribution in [0.5, 0.6) is 0 Å². The van der Waals surface area contributed by atoms with E-state index in [1.807, 2.05) is 33.8 Å². The third-order valence-corrected chi connectivity index (χ3v) is 8.46. The average molecular weight is 522 g/mol. The summed E-state index contributed by atoms with van der Waals surface area (Å²) in [5.41, 5.74) is 1.10. The first kappa shape index (κ1) is 27.3. The monoisotopic (exact) mass is 522 g/mol. The minimum atomic E-state index is -0.989. The minimum absolute atomic E-state index is 0.0436. The molecule has 1 aromatic heterocycles. The molecule has 0 N–H and O–H groups in total. The molecule has 3 heterocycles. The van der Waals surface area contributed by atoms with Crippen LogP contribution in [0.25, 0.3) is 16.7 Å². The Balaban J connectivity index is 1.66. The molecule has 0 unspecified atom stereocenters. The summed E-state index contributed by atoms with van der Waals surface area (Å²) in [6, 6.07) is 3.12. The van der Waals surface area contributed by atoms with E-state index in [0.717, 1.165) is 17.0 Å². The fraction of sp³-hybridized carbons (Fsp3) is 0.577. The van der Waals surface area contributed by atoms with Gasteiger partial charge in [-0.15, -0.1) is 0 Å². The Morgan fingerprint density at radius 1 is 1.06 bits per heavy atom. The smallest absolute Gasteiger partial charge is 0.399 e. The minimum Gasteiger partial charge on any atom is -0.399 e. The van der Waals surface area contributed by atoms with Gasteiger partial charge in [0.15, 0.2) is 11.6 Å². The van der Waals surface area contributed by atoms with E-state index in [4.69, 9.17) is 18.8 Å². The van der Waals surface area contributed by atoms with Crippen molar-refractivity contribution in [3.8, 4) is 11.1 Å². The lowest BCUT2D eigenvalue weighted by atomic mass is 9.77. The molecule has 10 heteroatoms. The summed E-state index contributed by atoms with van der Waals surface area (Å²) in [5.74, 6) is -0.948. The van der Waals surface area contributed by atoms with Crippen molar-refractivity contribution >= 4 is 28.2 Å². The van der Waals surface area contributed by atoms with Crippen LogP contribution in [0, 0.1) is 11.6 Å². The molecular weight excluding hydrogens is 485 g/mol. The zero-order chi connectivity index (χ0) is 26.3. The van der Waals surface area contributed by atoms with Gasteiger partial charge >= 0.3 is 7.12 Å². The summed E-state index contributed by atoms with van der Waals surface area (Å²) in [6.45, 7) is 9.38. The third kappa shape index (κ3) is 5.58. The average Bonchev–Trinajstić information content (AvgIpc) is 3.30. The molecule has 2 aliphatic rings. The van der Waals surface area contributed by atoms with Gasteiger partial charge in [0.05, 0.1) is 42.9 Å². The van der Waals surface area contributed by atoms with Gasteiger partial charge in [0.25, 0.3) is 0 Å². The summed E-state index contributed by atoms with van der Waals surface area (Å²) in [5, 5.41) is 4.49. The summed E-state index contributed by atoms with van der Waals surface area (Å²) >= 11 is 0. The van der Waals surface area contributed by atoms with E-state index in [9.17, 15) is 0 Å². The molecule has 36 heavy (non-hydrogen) atoms. The van der Waals surface area contributed by atoms with Crippen LogP contribution in [0.3, 0.4) is 0 Å². The lowest BCUT2D eigenvalue weighted by Gasteiger charge is -2.32. The highest BCUT2D eigenvalue weighted by Gasteiger charge is 2.52. The molecule has 1 fully saturated rings. The zero-order valence-corrected chi connectivity index (χ0v) is 23.1. The second-order valence-electron chi connectivity index (χ2n) is 11.2. The summed E-state index contributed by atoms with van der Waals surface area (Å²) in [7, 11) is -1.67. The van der Waals surface area contributed by atoms with E-state index >= 15 is 8.78 Å². The van der Waals surface area contributed by atoms with Crippen molar-refractivity contribution < 1.29 is 27.6 Å². The predicted octanol–water partition coefficient (Wildman–Crippen LogP) is 4.60. The van der Waals surface area contributed by atoms with Gasteiger partial charge in [-0.3, -0.25) is 0 Å². The van der Waals surface area contributed by atoms with Crippen molar-refractivity contribution in [1.82, 2.24) is 9.78 Å². The topological polar surface area (TPSA) is 54.7 Å². The SMILES string of the molecule is CC1(C)OB(c2ccc(-c3cnn(COCCS(C)(C)C)c3C3=CCOCC3)c(F)c2F)OC1(C)C. The Morgan fingerprint density at radius 2 is 1.75 bits per heavy atom. The third-order valence-electron chi connectivity index (χ3n) is 7.07. The highest BCUT2D eigenvalue weighted by molar-refractivity contribution is 8.32. The molecule has 0 aliphatic carbocycles. The second kappa shape index (κ2) is 10.2. The molecule has 0 atom stereocenters. The van der Waals surface area contributed by atoms with Gasteiger partial charge in [-0.2, -0.15) is 5.10 Å². The Kier molecular flexibility index (Phi) is 7.75. The van der Waals surface area contributed by atoms with E-state index in [1.165, 1.54) is 6.07 Å². The van der Waals surface area contributed by atoms with Gasteiger partial charge < -0.3 is 18.8 Å². The normalized spacial score (nSPS) is 20.0. The zero-order valence-electron chi connectivity index (χ0n) is 22.3. The number of halogens is 2. The molecule has 6 nitrogen and oxygen atoms in total. The van der Waals surface area contributed by atoms with Crippen LogP contribution in [0.4, 0.5) is 8.78 Å². The summed E-state index contributed by atoms with van der Waals surface area (Å²) in [4.78, 5) is 0. The van der Waals surface area contributed by atoms with Crippen molar-refractivity contribution in [3.63, 3.8) is 0 Å². The van der Waals surface area contributed by atoms with Gasteiger partial charge in [-0.1, -0.05) is 18.2 Å². The van der Waals surface area contributed by atoms with E-state index in [0.29, 0.717) is 31.8 Å². The fourth-order valence-electron chi connectivity index (χ4n) is 4.15. The van der Waals surface area contributed by atoms with Crippen LogP contribution in [0.2, 0.25) is 0 Å². The molecule has 0 saturated carbocycles. The maximum Gasteiger partial charge on any atom is 0.497 e. The highest BCUT2D eigenvalue weighted by atomic mass is 32.3. The maximum absolute atomic E-state index is 15.6. The number of hydrogen-bond donors (Lipinski definition) is 0. The van der Waals surface area contributed by atoms with Crippen molar-refractivity contribution in [3.05, 3.63) is 41.7 Å². The van der Waals surface area contributed by atoms with Crippen LogP contribution in [0.1, 0.15) is 39.8 Å². The molecule has 0 spiro atoms. The fourth-order valence-corrected chi connectivity index (χ4v) is 4.76. The number of benzene rings is 1. The maximum atomic E-state index is 15.6. The Labute approximate surface area is 214 Å². The molecule has 0 radical (unpaired) electrons. The first-order valence-electron chi connectivity index (χ1n) is 12.2. The van der Waals surface area contributed by atoms with E-state index in [2.05, 4.69) is 23.9 Å². The molecule has 4 rings (SSSR count). The largest absolute Gasteiger partial charge is 0.497 e. The molecule has 1 saturated heterocycles. The van der Waals surface area contributed by atoms with Crippen LogP contribution in [-0.2, 0) is 25.5 Å². The van der Waals surface area contributed by atoms with Gasteiger partial charge in [-0.25, -0.2) is 23.5 Å². The van der Waals surface area contributed by atoms with Crippen LogP contribution in [-0.4, -0.2) is 72.4 Å². The molecule has 2 aliphatic heterocycles. The molecule has 0 bridgehead atoms. The molecule has 2 aromatic rings. The first-order valence-corrected chi connectivity index (χ1v) is 15.2. The summed E-state index contributed by atoms with van der Waals surface area (Å²) < 4.78 is 56.0. The number of rotatable bonds is 8. The Bertz CT molecular complexity index is 1130. The quantitative estimate of drug-likeness (QED) is 0.375. The highest BCUT2D eigenvalue weighted by Crippen LogP contribution is 2.38. The molecule has 1 aromatic carbocycles. The summed E-state index contributed by atoms with van der Waals surface area (Å²) in [6.07, 6.45) is 10.9. The number of aromatic nitrogens is 2. The molecular formula is C26H37BF2N2O4S. The Morgan fingerprint density at radius 3 is 2.36 bits per heavy atom. The van der Waals surface area contributed by atoms with Crippen molar-refractivity contribution in [2.75, 3.05) is 44.3 Å². The number of hydrogen-bond acceptors (Lipinski definition) is 5. The predicted molar refractivity (Wildman–Crippen MR) is 143 cm³/mol. The van der Waals surface area contributed by atoms with Crippen LogP contribution < -0.4 is 5.46 Å². The van der Waals surface area contributed by atoms with Crippen molar-refractivity contribution in [2.24, 2.45) is 0 Å². The number of nitrogens with zero attached hydrogens (tertiary/aromatic N) is 2. The lowest BCUT2D eigenvalue weighted by molar-refractivity contribution is 0.00578. The van der Waals surface area contributed by atoms with Crippen LogP contribution >= 0.6 is 10.0 Å². The van der Waals surface area contributed by atoms with E-state index in [1.54, 1.807) is 16.9 Å². The Hall–Kier alpha value is -1.72. The molecule has 198 valence electrons. The van der Waals surface area contributed by atoms with Crippen molar-refractivity contribution in [1.29, 1.82) is 0 Å². The van der Waals surface area contributed by atoms with Gasteiger partial charge in [0, 0.05) is 22.3 Å². The van der Waals surface area contributed by atoms with Gasteiger partial charge in [0.1, 0.15) is 6.73 Å². The van der Waals surface area contributed by atoms with E-state index < -0.39 is 40.0 Å². The lowest BCUT2D eigenvalue weighted by Crippen LogP contribution is -2.41. The van der Waals surface area contributed by atoms with Gasteiger partial charge in [-0.05, 0) is 58.5 Å². The van der Waals surface area contributed by atoms with Gasteiger partial charge in [0.2, 0.25) is 0 Å². The van der Waals surface area contributed by atoms with E-state index in [-0.39, 0.29) is 17.8 Å². The first-order chi connectivity index (χ1) is 16.8. The number of ether oxygens (including phenoxy) is 2. The van der Waals surface area contributed by atoms with Crippen LogP contribution in [0.15, 0.2) is 24.4 Å².